The Balaban J connectivity index is 2.10. The minimum Gasteiger partial charge on any atom is -0.399 e. The number of anilines is 2. The first kappa shape index (κ1) is 11.7. The lowest BCUT2D eigenvalue weighted by Gasteiger charge is -2.29. The summed E-state index contributed by atoms with van der Waals surface area (Å²) in [6.45, 7) is 2.84. The third kappa shape index (κ3) is 2.89. The zero-order chi connectivity index (χ0) is 12.3. The van der Waals surface area contributed by atoms with Crippen LogP contribution in [0.25, 0.3) is 0 Å². The van der Waals surface area contributed by atoms with Crippen LogP contribution in [0, 0.1) is 11.3 Å². The molecule has 1 saturated heterocycles. The fourth-order valence-electron chi connectivity index (χ4n) is 2.13. The maximum Gasteiger partial charge on any atom is 0.101 e. The quantitative estimate of drug-likeness (QED) is 0.765. The summed E-state index contributed by atoms with van der Waals surface area (Å²) in [6, 6.07) is 7.91. The van der Waals surface area contributed by atoms with Crippen molar-refractivity contribution in [3.05, 3.63) is 23.8 Å². The van der Waals surface area contributed by atoms with Crippen molar-refractivity contribution < 1.29 is 4.74 Å². The van der Waals surface area contributed by atoms with E-state index in [4.69, 9.17) is 15.7 Å². The molecule has 17 heavy (non-hydrogen) atoms. The van der Waals surface area contributed by atoms with Crippen LogP contribution in [0.1, 0.15) is 25.3 Å². The Bertz CT molecular complexity index is 439. The molecule has 0 spiro atoms. The second kappa shape index (κ2) is 5.07. The number of hydrogen-bond acceptors (Lipinski definition) is 4. The summed E-state index contributed by atoms with van der Waals surface area (Å²) in [5, 5.41) is 12.5. The van der Waals surface area contributed by atoms with E-state index in [1.54, 1.807) is 6.07 Å². The highest BCUT2D eigenvalue weighted by molar-refractivity contribution is 5.63. The molecule has 2 atom stereocenters. The minimum atomic E-state index is 0.278. The number of ether oxygens (including phenoxy) is 1. The van der Waals surface area contributed by atoms with Gasteiger partial charge in [-0.25, -0.2) is 0 Å². The van der Waals surface area contributed by atoms with Gasteiger partial charge in [-0.3, -0.25) is 0 Å². The molecule has 0 aliphatic carbocycles. The molecule has 90 valence electrons. The Morgan fingerprint density at radius 1 is 1.53 bits per heavy atom. The molecule has 1 aliphatic rings. The van der Waals surface area contributed by atoms with Crippen LogP contribution in [0.2, 0.25) is 0 Å². The number of nitriles is 1. The van der Waals surface area contributed by atoms with Crippen molar-refractivity contribution in [3.8, 4) is 6.07 Å². The van der Waals surface area contributed by atoms with Crippen molar-refractivity contribution >= 4 is 11.4 Å². The molecule has 4 nitrogen and oxygen atoms in total. The van der Waals surface area contributed by atoms with Crippen LogP contribution in [-0.2, 0) is 4.74 Å². The predicted octanol–water partition coefficient (Wildman–Crippen LogP) is 2.12. The van der Waals surface area contributed by atoms with Gasteiger partial charge in [-0.05, 0) is 38.0 Å². The number of nitrogens with two attached hydrogens (primary N) is 1. The summed E-state index contributed by atoms with van der Waals surface area (Å²) < 4.78 is 5.50. The summed E-state index contributed by atoms with van der Waals surface area (Å²) in [5.41, 5.74) is 7.74. The lowest BCUT2D eigenvalue weighted by molar-refractivity contribution is 0.0232. The van der Waals surface area contributed by atoms with Gasteiger partial charge in [-0.15, -0.1) is 0 Å². The predicted molar refractivity (Wildman–Crippen MR) is 67.6 cm³/mol. The van der Waals surface area contributed by atoms with Crippen LogP contribution in [0.4, 0.5) is 11.4 Å². The van der Waals surface area contributed by atoms with E-state index in [9.17, 15) is 0 Å². The molecular formula is C13H17N3O. The molecule has 0 saturated carbocycles. The fraction of sp³-hybridized carbons (Fsp3) is 0.462. The number of benzene rings is 1. The normalized spacial score (nSPS) is 24.0. The zero-order valence-corrected chi connectivity index (χ0v) is 9.94. The second-order valence-electron chi connectivity index (χ2n) is 4.46. The van der Waals surface area contributed by atoms with E-state index in [0.29, 0.717) is 17.3 Å². The molecule has 0 radical (unpaired) electrons. The molecule has 1 fully saturated rings. The van der Waals surface area contributed by atoms with Crippen LogP contribution in [-0.4, -0.2) is 18.8 Å². The van der Waals surface area contributed by atoms with Gasteiger partial charge >= 0.3 is 0 Å². The van der Waals surface area contributed by atoms with E-state index in [1.807, 2.05) is 12.1 Å². The van der Waals surface area contributed by atoms with Gasteiger partial charge < -0.3 is 15.8 Å². The first-order valence-electron chi connectivity index (χ1n) is 5.87. The summed E-state index contributed by atoms with van der Waals surface area (Å²) in [6.07, 6.45) is 2.22. The smallest absolute Gasteiger partial charge is 0.101 e. The third-order valence-corrected chi connectivity index (χ3v) is 3.01. The largest absolute Gasteiger partial charge is 0.399 e. The van der Waals surface area contributed by atoms with E-state index < -0.39 is 0 Å². The molecule has 0 bridgehead atoms. The maximum atomic E-state index is 9.05. The van der Waals surface area contributed by atoms with Gasteiger partial charge in [0.2, 0.25) is 0 Å². The fourth-order valence-corrected chi connectivity index (χ4v) is 2.13. The molecule has 0 aromatic heterocycles. The lowest BCUT2D eigenvalue weighted by Crippen LogP contribution is -2.32. The highest BCUT2D eigenvalue weighted by atomic mass is 16.5. The Morgan fingerprint density at radius 3 is 3.06 bits per heavy atom. The molecular weight excluding hydrogens is 214 g/mol. The number of hydrogen-bond donors (Lipinski definition) is 2. The van der Waals surface area contributed by atoms with Crippen LogP contribution < -0.4 is 11.1 Å². The van der Waals surface area contributed by atoms with Gasteiger partial charge in [0.25, 0.3) is 0 Å². The first-order chi connectivity index (χ1) is 8.19. The monoisotopic (exact) mass is 231 g/mol. The molecule has 1 aromatic carbocycles. The second-order valence-corrected chi connectivity index (χ2v) is 4.46. The maximum absolute atomic E-state index is 9.05. The number of nitrogens with zero attached hydrogens (tertiary/aromatic N) is 1. The highest BCUT2D eigenvalue weighted by Gasteiger charge is 2.19. The zero-order valence-electron chi connectivity index (χ0n) is 9.94. The minimum absolute atomic E-state index is 0.278. The summed E-state index contributed by atoms with van der Waals surface area (Å²) in [5.74, 6) is 0. The van der Waals surface area contributed by atoms with Crippen molar-refractivity contribution in [2.45, 2.75) is 31.9 Å². The Morgan fingerprint density at radius 2 is 2.35 bits per heavy atom. The average Bonchev–Trinajstić information content (AvgIpc) is 2.31. The molecule has 1 aromatic rings. The molecule has 2 rings (SSSR count). The van der Waals surface area contributed by atoms with Crippen LogP contribution in [0.15, 0.2) is 18.2 Å². The molecule has 1 heterocycles. The topological polar surface area (TPSA) is 71.1 Å². The summed E-state index contributed by atoms with van der Waals surface area (Å²) >= 11 is 0. The van der Waals surface area contributed by atoms with Crippen LogP contribution in [0.3, 0.4) is 0 Å². The Kier molecular flexibility index (Phi) is 3.50. The average molecular weight is 231 g/mol. The van der Waals surface area contributed by atoms with Gasteiger partial charge in [-0.1, -0.05) is 0 Å². The van der Waals surface area contributed by atoms with Crippen molar-refractivity contribution in [1.82, 2.24) is 0 Å². The Labute approximate surface area is 101 Å². The van der Waals surface area contributed by atoms with E-state index in [0.717, 1.165) is 25.1 Å². The van der Waals surface area contributed by atoms with Crippen molar-refractivity contribution in [1.29, 1.82) is 5.26 Å². The van der Waals surface area contributed by atoms with E-state index in [1.165, 1.54) is 0 Å². The molecule has 0 amide bonds. The van der Waals surface area contributed by atoms with E-state index in [-0.39, 0.29) is 6.10 Å². The Hall–Kier alpha value is -1.73. The van der Waals surface area contributed by atoms with Crippen LogP contribution in [0.5, 0.6) is 0 Å². The third-order valence-electron chi connectivity index (χ3n) is 3.01. The number of nitrogens with one attached hydrogen (secondary N) is 1. The van der Waals surface area contributed by atoms with Crippen LogP contribution >= 0.6 is 0 Å². The molecule has 3 N–H and O–H groups in total. The number of nitrogen functional groups attached to an aromatic ring is 1. The van der Waals surface area contributed by atoms with Gasteiger partial charge in [-0.2, -0.15) is 5.26 Å². The highest BCUT2D eigenvalue weighted by Crippen LogP contribution is 2.22. The van der Waals surface area contributed by atoms with Crippen molar-refractivity contribution in [2.24, 2.45) is 0 Å². The van der Waals surface area contributed by atoms with Crippen molar-refractivity contribution in [3.63, 3.8) is 0 Å². The van der Waals surface area contributed by atoms with Gasteiger partial charge in [0.1, 0.15) is 6.07 Å². The van der Waals surface area contributed by atoms with Crippen molar-refractivity contribution in [2.75, 3.05) is 17.7 Å². The SMILES string of the molecule is CC1CC(Nc2ccc(N)cc2C#N)CCO1. The van der Waals surface area contributed by atoms with Gasteiger partial charge in [0.15, 0.2) is 0 Å². The van der Waals surface area contributed by atoms with Gasteiger partial charge in [0.05, 0.1) is 17.4 Å². The lowest BCUT2D eigenvalue weighted by atomic mass is 10.0. The number of rotatable bonds is 2. The van der Waals surface area contributed by atoms with Gasteiger partial charge in [0, 0.05) is 18.3 Å². The summed E-state index contributed by atoms with van der Waals surface area (Å²) in [7, 11) is 0. The molecule has 2 unspecified atom stereocenters. The molecule has 4 heteroatoms. The molecule has 1 aliphatic heterocycles. The standard InChI is InChI=1S/C13H17N3O/c1-9-6-12(4-5-17-9)16-13-3-2-11(15)7-10(13)8-14/h2-3,7,9,12,16H,4-6,15H2,1H3. The summed E-state index contributed by atoms with van der Waals surface area (Å²) in [4.78, 5) is 0. The van der Waals surface area contributed by atoms with E-state index >= 15 is 0 Å². The first-order valence-corrected chi connectivity index (χ1v) is 5.87. The van der Waals surface area contributed by atoms with E-state index in [2.05, 4.69) is 18.3 Å².